The van der Waals surface area contributed by atoms with Crippen LogP contribution < -0.4 is 0 Å². The van der Waals surface area contributed by atoms with Gasteiger partial charge in [-0.2, -0.15) is 0 Å². The summed E-state index contributed by atoms with van der Waals surface area (Å²) in [6.45, 7) is 0. The minimum atomic E-state index is -0.395. The first-order chi connectivity index (χ1) is 21.8. The van der Waals surface area contributed by atoms with Crippen molar-refractivity contribution < 1.29 is 0 Å². The van der Waals surface area contributed by atoms with E-state index in [0.29, 0.717) is 0 Å². The highest BCUT2D eigenvalue weighted by atomic mass is 32.1. The maximum absolute atomic E-state index is 2.50. The molecule has 0 amide bonds. The molecular weight excluding hydrogens is 569 g/mol. The Bertz CT molecular complexity index is 2520. The van der Waals surface area contributed by atoms with Gasteiger partial charge in [-0.3, -0.25) is 0 Å². The Morgan fingerprint density at radius 1 is 0.318 bits per heavy atom. The highest BCUT2D eigenvalue weighted by Crippen LogP contribution is 2.74. The predicted octanol–water partition coefficient (Wildman–Crippen LogP) is 11.6. The normalized spacial score (nSPS) is 20.5. The van der Waals surface area contributed by atoms with Crippen molar-refractivity contribution in [2.24, 2.45) is 0 Å². The molecule has 202 valence electrons. The van der Waals surface area contributed by atoms with Crippen molar-refractivity contribution in [1.29, 1.82) is 0 Å². The van der Waals surface area contributed by atoms with Gasteiger partial charge in [-0.05, 0) is 79.5 Å². The van der Waals surface area contributed by atoms with Gasteiger partial charge in [0, 0.05) is 40.3 Å². The molecule has 0 N–H and O–H groups in total. The van der Waals surface area contributed by atoms with Crippen LogP contribution in [-0.4, -0.2) is 0 Å². The largest absolute Gasteiger partial charge is 0.135 e. The number of thiophene rings is 2. The van der Waals surface area contributed by atoms with Gasteiger partial charge >= 0.3 is 0 Å². The minimum Gasteiger partial charge on any atom is -0.135 e. The smallest absolute Gasteiger partial charge is 0.0649 e. The van der Waals surface area contributed by atoms with E-state index in [-0.39, 0.29) is 0 Å². The molecule has 0 nitrogen and oxygen atoms in total. The minimum absolute atomic E-state index is 0.395. The first-order valence-electron chi connectivity index (χ1n) is 15.4. The zero-order chi connectivity index (χ0) is 28.4. The lowest BCUT2D eigenvalue weighted by Crippen LogP contribution is -2.52. The first-order valence-corrected chi connectivity index (χ1v) is 17.0. The molecule has 0 saturated heterocycles. The van der Waals surface area contributed by atoms with Crippen LogP contribution in [0.4, 0.5) is 0 Å². The van der Waals surface area contributed by atoms with Gasteiger partial charge in [0.05, 0.1) is 10.8 Å². The SMILES string of the molecule is c1ccc(-c2ccc3c4c(cccc24)C24c5cccc6sc7cccc(c7c56)C32c2cccc3sc5cccc4c5c23)cc1. The van der Waals surface area contributed by atoms with E-state index in [1.807, 2.05) is 22.7 Å². The summed E-state index contributed by atoms with van der Waals surface area (Å²) in [6.07, 6.45) is 0. The van der Waals surface area contributed by atoms with Gasteiger partial charge in [-0.1, -0.05) is 109 Å². The maximum atomic E-state index is 2.50. The van der Waals surface area contributed by atoms with Gasteiger partial charge in [0.15, 0.2) is 0 Å². The van der Waals surface area contributed by atoms with E-state index in [1.165, 1.54) is 95.6 Å². The van der Waals surface area contributed by atoms with Gasteiger partial charge in [0.2, 0.25) is 0 Å². The second kappa shape index (κ2) is 7.30. The highest BCUT2D eigenvalue weighted by molar-refractivity contribution is 7.26. The molecule has 0 spiro atoms. The third-order valence-corrected chi connectivity index (χ3v) is 13.4. The molecule has 2 heterocycles. The summed E-state index contributed by atoms with van der Waals surface area (Å²) in [5.41, 5.74) is 10.5. The second-order valence-electron chi connectivity index (χ2n) is 12.7. The maximum Gasteiger partial charge on any atom is 0.0649 e. The summed E-state index contributed by atoms with van der Waals surface area (Å²) in [5, 5.41) is 8.60. The van der Waals surface area contributed by atoms with E-state index in [1.54, 1.807) is 0 Å². The molecule has 0 bridgehead atoms. The molecule has 0 radical (unpaired) electrons. The van der Waals surface area contributed by atoms with Crippen molar-refractivity contribution in [2.45, 2.75) is 10.8 Å². The standard InChI is InChI=1S/C42H22S2/c1-2-9-23(10-3-1)24-21-22-31-36-25(24)11-4-12-26(36)41-27-13-5-17-32-37(27)39-29(15-7-19-34(39)43-32)42(31,41)30-16-8-20-35-40(30)38-28(41)14-6-18-33(38)44-35/h1-22H. The molecule has 0 unspecified atom stereocenters. The van der Waals surface area contributed by atoms with Crippen LogP contribution in [0.3, 0.4) is 0 Å². The van der Waals surface area contributed by atoms with E-state index in [2.05, 4.69) is 133 Å². The fourth-order valence-electron chi connectivity index (χ4n) is 9.97. The van der Waals surface area contributed by atoms with Gasteiger partial charge in [-0.15, -0.1) is 22.7 Å². The summed E-state index contributed by atoms with van der Waals surface area (Å²) >= 11 is 3.91. The van der Waals surface area contributed by atoms with Crippen LogP contribution in [-0.2, 0) is 10.8 Å². The Balaban J connectivity index is 1.44. The Morgan fingerprint density at radius 2 is 0.727 bits per heavy atom. The lowest BCUT2D eigenvalue weighted by Gasteiger charge is -2.54. The quantitative estimate of drug-likeness (QED) is 0.178. The average molecular weight is 591 g/mol. The molecule has 7 aromatic carbocycles. The molecule has 0 saturated carbocycles. The molecule has 12 rings (SSSR count). The Kier molecular flexibility index (Phi) is 3.77. The number of rotatable bonds is 1. The van der Waals surface area contributed by atoms with Crippen LogP contribution in [0.15, 0.2) is 133 Å². The topological polar surface area (TPSA) is 0 Å². The molecule has 3 aliphatic rings. The second-order valence-corrected chi connectivity index (χ2v) is 14.8. The van der Waals surface area contributed by atoms with Gasteiger partial charge in [-0.25, -0.2) is 0 Å². The third-order valence-electron chi connectivity index (χ3n) is 11.2. The molecule has 2 aromatic heterocycles. The van der Waals surface area contributed by atoms with Crippen molar-refractivity contribution in [3.05, 3.63) is 167 Å². The zero-order valence-corrected chi connectivity index (χ0v) is 25.2. The summed E-state index contributed by atoms with van der Waals surface area (Å²) in [5.74, 6) is 0. The van der Waals surface area contributed by atoms with Crippen molar-refractivity contribution in [1.82, 2.24) is 0 Å². The summed E-state index contributed by atoms with van der Waals surface area (Å²) < 4.78 is 5.56. The first kappa shape index (κ1) is 22.7. The molecule has 3 aliphatic carbocycles. The number of hydrogen-bond donors (Lipinski definition) is 0. The highest BCUT2D eigenvalue weighted by Gasteiger charge is 2.67. The molecule has 0 aliphatic heterocycles. The van der Waals surface area contributed by atoms with Crippen LogP contribution in [0.5, 0.6) is 0 Å². The number of hydrogen-bond acceptors (Lipinski definition) is 2. The van der Waals surface area contributed by atoms with Gasteiger partial charge < -0.3 is 0 Å². The van der Waals surface area contributed by atoms with Crippen LogP contribution in [0.2, 0.25) is 0 Å². The molecular formula is C42H22S2. The Morgan fingerprint density at radius 3 is 1.20 bits per heavy atom. The fourth-order valence-corrected chi connectivity index (χ4v) is 12.3. The van der Waals surface area contributed by atoms with E-state index in [4.69, 9.17) is 0 Å². The van der Waals surface area contributed by atoms with Gasteiger partial charge in [0.25, 0.3) is 0 Å². The fraction of sp³-hybridized carbons (Fsp3) is 0.0476. The van der Waals surface area contributed by atoms with Crippen molar-refractivity contribution >= 4 is 73.8 Å². The van der Waals surface area contributed by atoms with Crippen molar-refractivity contribution in [2.75, 3.05) is 0 Å². The summed E-state index contributed by atoms with van der Waals surface area (Å²) in [4.78, 5) is 0. The van der Waals surface area contributed by atoms with Crippen molar-refractivity contribution in [3.63, 3.8) is 0 Å². The molecule has 9 aromatic rings. The van der Waals surface area contributed by atoms with Crippen LogP contribution in [0.1, 0.15) is 33.4 Å². The van der Waals surface area contributed by atoms with E-state index in [9.17, 15) is 0 Å². The lowest BCUT2D eigenvalue weighted by atomic mass is 9.45. The average Bonchev–Trinajstić information content (AvgIpc) is 3.74. The van der Waals surface area contributed by atoms with Crippen LogP contribution >= 0.6 is 22.7 Å². The monoisotopic (exact) mass is 590 g/mol. The third kappa shape index (κ3) is 2.14. The van der Waals surface area contributed by atoms with E-state index in [0.717, 1.165) is 0 Å². The molecule has 0 atom stereocenters. The van der Waals surface area contributed by atoms with Crippen molar-refractivity contribution in [3.8, 4) is 11.1 Å². The molecule has 0 fully saturated rings. The molecule has 44 heavy (non-hydrogen) atoms. The van der Waals surface area contributed by atoms with E-state index < -0.39 is 10.8 Å². The molecule has 2 heteroatoms. The van der Waals surface area contributed by atoms with Crippen LogP contribution in [0, 0.1) is 0 Å². The Labute approximate surface area is 261 Å². The summed E-state index contributed by atoms with van der Waals surface area (Å²) in [6, 6.07) is 51.5. The van der Waals surface area contributed by atoms with E-state index >= 15 is 0 Å². The predicted molar refractivity (Wildman–Crippen MR) is 188 cm³/mol. The zero-order valence-electron chi connectivity index (χ0n) is 23.5. The van der Waals surface area contributed by atoms with Gasteiger partial charge in [0.1, 0.15) is 0 Å². The lowest BCUT2D eigenvalue weighted by molar-refractivity contribution is 0.447. The summed E-state index contributed by atoms with van der Waals surface area (Å²) in [7, 11) is 0. The van der Waals surface area contributed by atoms with Crippen LogP contribution in [0.25, 0.3) is 62.2 Å². The number of benzene rings is 7. The Hall–Kier alpha value is -4.76.